The summed E-state index contributed by atoms with van der Waals surface area (Å²) in [6, 6.07) is 4.62. The van der Waals surface area contributed by atoms with Gasteiger partial charge in [-0.25, -0.2) is 8.78 Å². The van der Waals surface area contributed by atoms with E-state index in [1.54, 1.807) is 12.1 Å². The van der Waals surface area contributed by atoms with Gasteiger partial charge in [-0.2, -0.15) is 0 Å². The van der Waals surface area contributed by atoms with Gasteiger partial charge in [0.2, 0.25) is 0 Å². The van der Waals surface area contributed by atoms with Gasteiger partial charge in [0.05, 0.1) is 0 Å². The van der Waals surface area contributed by atoms with Crippen LogP contribution in [0.2, 0.25) is 0 Å². The second kappa shape index (κ2) is 6.55. The highest BCUT2D eigenvalue weighted by atomic mass is 19.3. The van der Waals surface area contributed by atoms with Crippen LogP contribution in [0, 0.1) is 0 Å². The van der Waals surface area contributed by atoms with Gasteiger partial charge in [0.1, 0.15) is 0 Å². The van der Waals surface area contributed by atoms with E-state index in [1.165, 1.54) is 24.5 Å². The number of rotatable bonds is 5. The van der Waals surface area contributed by atoms with Crippen molar-refractivity contribution in [1.29, 1.82) is 0 Å². The van der Waals surface area contributed by atoms with Crippen LogP contribution in [0.3, 0.4) is 0 Å². The van der Waals surface area contributed by atoms with Crippen molar-refractivity contribution in [2.45, 2.75) is 38.5 Å². The first-order chi connectivity index (χ1) is 9.16. The average molecular weight is 266 g/mol. The van der Waals surface area contributed by atoms with Crippen LogP contribution in [-0.4, -0.2) is 6.54 Å². The van der Waals surface area contributed by atoms with E-state index in [1.807, 2.05) is 0 Å². The summed E-state index contributed by atoms with van der Waals surface area (Å²) in [5, 5.41) is 3.09. The van der Waals surface area contributed by atoms with Crippen LogP contribution in [0.15, 0.2) is 29.8 Å². The van der Waals surface area contributed by atoms with Gasteiger partial charge < -0.3 is 11.1 Å². The van der Waals surface area contributed by atoms with Crippen LogP contribution < -0.4 is 11.1 Å². The van der Waals surface area contributed by atoms with E-state index in [2.05, 4.69) is 11.4 Å². The Morgan fingerprint density at radius 3 is 2.79 bits per heavy atom. The maximum atomic E-state index is 12.9. The predicted molar refractivity (Wildman–Crippen MR) is 75.5 cm³/mol. The summed E-state index contributed by atoms with van der Waals surface area (Å²) in [6.07, 6.45) is 5.51. The first-order valence-electron chi connectivity index (χ1n) is 6.76. The average Bonchev–Trinajstić information content (AvgIpc) is 2.41. The number of halogens is 2. The number of nitrogen functional groups attached to an aromatic ring is 1. The molecular weight excluding hydrogens is 246 g/mol. The summed E-state index contributed by atoms with van der Waals surface area (Å²) in [5.41, 5.74) is 7.82. The molecule has 0 unspecified atom stereocenters. The lowest BCUT2D eigenvalue weighted by molar-refractivity contribution is 0.152. The molecule has 19 heavy (non-hydrogen) atoms. The topological polar surface area (TPSA) is 38.0 Å². The van der Waals surface area contributed by atoms with Gasteiger partial charge in [-0.3, -0.25) is 0 Å². The number of nitrogens with two attached hydrogens (primary N) is 1. The molecule has 4 heteroatoms. The third kappa shape index (κ3) is 3.94. The zero-order valence-corrected chi connectivity index (χ0v) is 11.0. The fourth-order valence-electron chi connectivity index (χ4n) is 2.41. The Hall–Kier alpha value is -1.58. The van der Waals surface area contributed by atoms with E-state index in [4.69, 9.17) is 5.73 Å². The Morgan fingerprint density at radius 1 is 1.26 bits per heavy atom. The summed E-state index contributed by atoms with van der Waals surface area (Å²) in [4.78, 5) is 0. The first kappa shape index (κ1) is 13.8. The van der Waals surface area contributed by atoms with Crippen molar-refractivity contribution in [3.8, 4) is 0 Å². The molecule has 0 bridgehead atoms. The summed E-state index contributed by atoms with van der Waals surface area (Å²) >= 11 is 0. The van der Waals surface area contributed by atoms with Crippen LogP contribution in [-0.2, 0) is 0 Å². The number of benzene rings is 1. The van der Waals surface area contributed by atoms with Gasteiger partial charge in [-0.05, 0) is 50.3 Å². The van der Waals surface area contributed by atoms with Gasteiger partial charge in [0.15, 0.2) is 0 Å². The molecule has 1 aromatic rings. The van der Waals surface area contributed by atoms with Crippen LogP contribution in [0.25, 0.3) is 0 Å². The van der Waals surface area contributed by atoms with Crippen LogP contribution in [0.1, 0.15) is 44.1 Å². The molecule has 104 valence electrons. The van der Waals surface area contributed by atoms with Crippen molar-refractivity contribution in [1.82, 2.24) is 0 Å². The highest BCUT2D eigenvalue weighted by molar-refractivity contribution is 5.58. The van der Waals surface area contributed by atoms with Crippen molar-refractivity contribution < 1.29 is 8.78 Å². The molecule has 0 amide bonds. The number of hydrogen-bond acceptors (Lipinski definition) is 2. The molecule has 0 aliphatic heterocycles. The van der Waals surface area contributed by atoms with Gasteiger partial charge >= 0.3 is 0 Å². The van der Waals surface area contributed by atoms with E-state index < -0.39 is 6.43 Å². The number of allylic oxidation sites excluding steroid dienone is 1. The Labute approximate surface area is 112 Å². The van der Waals surface area contributed by atoms with Crippen LogP contribution in [0.5, 0.6) is 0 Å². The van der Waals surface area contributed by atoms with Crippen molar-refractivity contribution in [3.63, 3.8) is 0 Å². The SMILES string of the molecule is Nc1ccc(NCCC2=CCCCC2)c(C(F)F)c1. The minimum Gasteiger partial charge on any atom is -0.399 e. The minimum absolute atomic E-state index is 0.0161. The lowest BCUT2D eigenvalue weighted by Crippen LogP contribution is -2.07. The molecule has 0 spiro atoms. The van der Waals surface area contributed by atoms with E-state index in [0.29, 0.717) is 17.9 Å². The molecule has 1 aliphatic rings. The quantitative estimate of drug-likeness (QED) is 0.608. The number of alkyl halides is 2. The van der Waals surface area contributed by atoms with E-state index in [9.17, 15) is 8.78 Å². The molecular formula is C15H20F2N2. The van der Waals surface area contributed by atoms with E-state index in [0.717, 1.165) is 19.3 Å². The fourth-order valence-corrected chi connectivity index (χ4v) is 2.41. The summed E-state index contributed by atoms with van der Waals surface area (Å²) in [6.45, 7) is 0.690. The first-order valence-corrected chi connectivity index (χ1v) is 6.76. The molecule has 0 radical (unpaired) electrons. The monoisotopic (exact) mass is 266 g/mol. The van der Waals surface area contributed by atoms with E-state index in [-0.39, 0.29) is 5.56 Å². The second-order valence-corrected chi connectivity index (χ2v) is 4.93. The molecule has 0 saturated heterocycles. The number of anilines is 2. The maximum absolute atomic E-state index is 12.9. The summed E-state index contributed by atoms with van der Waals surface area (Å²) in [5.74, 6) is 0. The third-order valence-corrected chi connectivity index (χ3v) is 3.46. The maximum Gasteiger partial charge on any atom is 0.265 e. The van der Waals surface area contributed by atoms with Crippen molar-refractivity contribution >= 4 is 11.4 Å². The molecule has 0 atom stereocenters. The zero-order chi connectivity index (χ0) is 13.7. The molecule has 3 N–H and O–H groups in total. The zero-order valence-electron chi connectivity index (χ0n) is 11.0. The number of hydrogen-bond donors (Lipinski definition) is 2. The molecule has 0 fully saturated rings. The van der Waals surface area contributed by atoms with Crippen molar-refractivity contribution in [3.05, 3.63) is 35.4 Å². The third-order valence-electron chi connectivity index (χ3n) is 3.46. The minimum atomic E-state index is -2.50. The smallest absolute Gasteiger partial charge is 0.265 e. The Balaban J connectivity index is 1.93. The molecule has 2 nitrogen and oxygen atoms in total. The standard InChI is InChI=1S/C15H20F2N2/c16-15(17)13-10-12(18)6-7-14(13)19-9-8-11-4-2-1-3-5-11/h4,6-7,10,15,19H,1-3,5,8-9,18H2. The molecule has 0 heterocycles. The molecule has 1 aliphatic carbocycles. The Kier molecular flexibility index (Phi) is 4.77. The van der Waals surface area contributed by atoms with E-state index >= 15 is 0 Å². The molecule has 0 aromatic heterocycles. The lowest BCUT2D eigenvalue weighted by atomic mass is 9.97. The fraction of sp³-hybridized carbons (Fsp3) is 0.467. The van der Waals surface area contributed by atoms with Crippen LogP contribution >= 0.6 is 0 Å². The van der Waals surface area contributed by atoms with Gasteiger partial charge in [-0.15, -0.1) is 0 Å². The van der Waals surface area contributed by atoms with Gasteiger partial charge in [0.25, 0.3) is 6.43 Å². The highest BCUT2D eigenvalue weighted by Gasteiger charge is 2.13. The summed E-state index contributed by atoms with van der Waals surface area (Å²) < 4.78 is 25.8. The van der Waals surface area contributed by atoms with Gasteiger partial charge in [0, 0.05) is 23.5 Å². The molecule has 0 saturated carbocycles. The predicted octanol–water partition coefficient (Wildman–Crippen LogP) is 4.51. The molecule has 2 rings (SSSR count). The largest absolute Gasteiger partial charge is 0.399 e. The van der Waals surface area contributed by atoms with Crippen LogP contribution in [0.4, 0.5) is 20.2 Å². The normalized spacial score (nSPS) is 15.4. The Bertz CT molecular complexity index is 455. The van der Waals surface area contributed by atoms with Gasteiger partial charge in [-0.1, -0.05) is 11.6 Å². The lowest BCUT2D eigenvalue weighted by Gasteiger charge is -2.15. The Morgan fingerprint density at radius 2 is 2.11 bits per heavy atom. The van der Waals surface area contributed by atoms with Crippen molar-refractivity contribution in [2.24, 2.45) is 0 Å². The summed E-state index contributed by atoms with van der Waals surface area (Å²) in [7, 11) is 0. The van der Waals surface area contributed by atoms with Crippen molar-refractivity contribution in [2.75, 3.05) is 17.6 Å². The highest BCUT2D eigenvalue weighted by Crippen LogP contribution is 2.29. The second-order valence-electron chi connectivity index (χ2n) is 4.93. The molecule has 1 aromatic carbocycles. The number of nitrogens with one attached hydrogen (secondary N) is 1.